The maximum Gasteiger partial charge on any atom is 0.410 e. The van der Waals surface area contributed by atoms with Crippen LogP contribution in [0.1, 0.15) is 58.5 Å². The Balaban J connectivity index is 1.50. The molecule has 0 unspecified atom stereocenters. The van der Waals surface area contributed by atoms with Gasteiger partial charge < -0.3 is 29.2 Å². The van der Waals surface area contributed by atoms with Gasteiger partial charge in [-0.2, -0.15) is 18.3 Å². The van der Waals surface area contributed by atoms with Gasteiger partial charge in [-0.15, -0.1) is 0 Å². The lowest BCUT2D eigenvalue weighted by Gasteiger charge is -2.37. The number of hydrogen-bond donors (Lipinski definition) is 1. The Hall–Kier alpha value is -4.09. The van der Waals surface area contributed by atoms with Gasteiger partial charge >= 0.3 is 6.18 Å². The number of halogens is 3. The summed E-state index contributed by atoms with van der Waals surface area (Å²) < 4.78 is 65.1. The second-order valence-electron chi connectivity index (χ2n) is 9.79. The molecule has 0 radical (unpaired) electrons. The number of benzene rings is 2. The van der Waals surface area contributed by atoms with Crippen LogP contribution in [-0.2, 0) is 6.42 Å². The lowest BCUT2D eigenvalue weighted by atomic mass is 9.92. The monoisotopic (exact) mass is 560 g/mol. The molecule has 0 spiro atoms. The molecule has 2 aliphatic heterocycles. The molecular formula is C28H31F3N4O5. The fraction of sp³-hybridized carbons (Fsp3) is 0.429. The second kappa shape index (κ2) is 10.5. The number of nitrogens with zero attached hydrogens (tertiary/aromatic N) is 3. The number of carbonyl (C=O) groups is 1. The van der Waals surface area contributed by atoms with E-state index >= 15 is 0 Å². The highest BCUT2D eigenvalue weighted by Gasteiger charge is 2.48. The van der Waals surface area contributed by atoms with Gasteiger partial charge in [-0.3, -0.25) is 4.79 Å². The van der Waals surface area contributed by atoms with Crippen LogP contribution in [0, 0.1) is 0 Å². The van der Waals surface area contributed by atoms with Crippen LogP contribution in [0.15, 0.2) is 36.5 Å². The molecule has 214 valence electrons. The number of nitrogens with one attached hydrogen (secondary N) is 1. The maximum absolute atomic E-state index is 14.2. The minimum Gasteiger partial charge on any atom is -0.493 e. The number of rotatable bonds is 6. The Morgan fingerprint density at radius 3 is 2.27 bits per heavy atom. The first kappa shape index (κ1) is 27.5. The molecule has 3 heterocycles. The molecule has 40 heavy (non-hydrogen) atoms. The molecule has 1 amide bonds. The van der Waals surface area contributed by atoms with E-state index in [1.54, 1.807) is 30.2 Å². The van der Waals surface area contributed by atoms with Crippen molar-refractivity contribution in [3.8, 4) is 23.0 Å². The standard InChI is InChI=1S/C28H31F3N4O5/c1-15-18-12-24(40-5)23(39-4)10-16(18)8-9-34(15)27(36)19-14-32-35-25(28(29,30)31)13-20(33-26(19)35)17-6-7-21(37-2)22(11-17)38-3/h6-7,10-12,14-15,20,25,33H,8-9,13H2,1-5H3/t15-,20+,25+/m1/s1. The van der Waals surface area contributed by atoms with E-state index in [9.17, 15) is 18.0 Å². The van der Waals surface area contributed by atoms with E-state index in [2.05, 4.69) is 10.4 Å². The predicted molar refractivity (Wildman–Crippen MR) is 141 cm³/mol. The van der Waals surface area contributed by atoms with Crippen LogP contribution >= 0.6 is 0 Å². The predicted octanol–water partition coefficient (Wildman–Crippen LogP) is 5.34. The number of amides is 1. The summed E-state index contributed by atoms with van der Waals surface area (Å²) in [6.07, 6.45) is -3.11. The molecule has 1 N–H and O–H groups in total. The molecule has 2 aromatic carbocycles. The third-order valence-electron chi connectivity index (χ3n) is 7.72. The highest BCUT2D eigenvalue weighted by molar-refractivity contribution is 5.99. The average Bonchev–Trinajstić information content (AvgIpc) is 3.39. The first-order valence-electron chi connectivity index (χ1n) is 12.8. The summed E-state index contributed by atoms with van der Waals surface area (Å²) in [4.78, 5) is 15.5. The van der Waals surface area contributed by atoms with Gasteiger partial charge in [-0.1, -0.05) is 6.07 Å². The number of methoxy groups -OCH3 is 4. The van der Waals surface area contributed by atoms with E-state index in [1.807, 2.05) is 19.1 Å². The summed E-state index contributed by atoms with van der Waals surface area (Å²) in [6, 6.07) is 5.70. The van der Waals surface area contributed by atoms with E-state index in [1.165, 1.54) is 27.5 Å². The lowest BCUT2D eigenvalue weighted by Crippen LogP contribution is -2.40. The van der Waals surface area contributed by atoms with Crippen LogP contribution in [0.2, 0.25) is 0 Å². The Morgan fingerprint density at radius 1 is 0.975 bits per heavy atom. The van der Waals surface area contributed by atoms with Crippen molar-refractivity contribution in [2.45, 2.75) is 44.1 Å². The summed E-state index contributed by atoms with van der Waals surface area (Å²) in [5, 5.41) is 7.19. The molecule has 1 aromatic heterocycles. The Kier molecular flexibility index (Phi) is 7.19. The van der Waals surface area contributed by atoms with E-state index in [-0.39, 0.29) is 23.8 Å². The molecular weight excluding hydrogens is 529 g/mol. The van der Waals surface area contributed by atoms with Crippen LogP contribution < -0.4 is 24.3 Å². The van der Waals surface area contributed by atoms with Crippen molar-refractivity contribution >= 4 is 11.7 Å². The van der Waals surface area contributed by atoms with Crippen LogP contribution in [0.3, 0.4) is 0 Å². The Morgan fingerprint density at radius 2 is 1.62 bits per heavy atom. The smallest absolute Gasteiger partial charge is 0.410 e. The summed E-state index contributed by atoms with van der Waals surface area (Å²) in [5.41, 5.74) is 2.56. The molecule has 9 nitrogen and oxygen atoms in total. The maximum atomic E-state index is 14.2. The number of anilines is 1. The van der Waals surface area contributed by atoms with Gasteiger partial charge in [-0.05, 0) is 54.3 Å². The second-order valence-corrected chi connectivity index (χ2v) is 9.79. The number of fused-ring (bicyclic) bond motifs is 2. The van der Waals surface area contributed by atoms with Crippen molar-refractivity contribution in [3.63, 3.8) is 0 Å². The number of alkyl halides is 3. The summed E-state index contributed by atoms with van der Waals surface area (Å²) in [6.45, 7) is 2.27. The Labute approximate surface area is 229 Å². The summed E-state index contributed by atoms with van der Waals surface area (Å²) >= 11 is 0. The van der Waals surface area contributed by atoms with Crippen LogP contribution in [0.5, 0.6) is 23.0 Å². The molecule has 2 aliphatic rings. The SMILES string of the molecule is COc1ccc([C@@H]2C[C@@H](C(F)(F)F)n3ncc(C(=O)N4CCc5cc(OC)c(OC)cc5[C@H]4C)c3N2)cc1OC. The van der Waals surface area contributed by atoms with E-state index < -0.39 is 24.2 Å². The van der Waals surface area contributed by atoms with Gasteiger partial charge in [0.1, 0.15) is 11.4 Å². The zero-order valence-electron chi connectivity index (χ0n) is 22.8. The first-order valence-corrected chi connectivity index (χ1v) is 12.8. The Bertz CT molecular complexity index is 1420. The highest BCUT2D eigenvalue weighted by atomic mass is 19.4. The van der Waals surface area contributed by atoms with Gasteiger partial charge in [0.05, 0.1) is 46.7 Å². The quantitative estimate of drug-likeness (QED) is 0.436. The third kappa shape index (κ3) is 4.65. The van der Waals surface area contributed by atoms with Gasteiger partial charge in [0.15, 0.2) is 29.0 Å². The van der Waals surface area contributed by atoms with Crippen molar-refractivity contribution in [2.75, 3.05) is 40.3 Å². The molecule has 0 aliphatic carbocycles. The van der Waals surface area contributed by atoms with Gasteiger partial charge in [0, 0.05) is 13.0 Å². The van der Waals surface area contributed by atoms with Crippen molar-refractivity contribution in [1.29, 1.82) is 0 Å². The van der Waals surface area contributed by atoms with Crippen LogP contribution in [0.25, 0.3) is 0 Å². The fourth-order valence-corrected chi connectivity index (χ4v) is 5.58. The molecule has 3 atom stereocenters. The lowest BCUT2D eigenvalue weighted by molar-refractivity contribution is -0.173. The number of aromatic nitrogens is 2. The van der Waals surface area contributed by atoms with Crippen molar-refractivity contribution < 1.29 is 36.9 Å². The number of hydrogen-bond acceptors (Lipinski definition) is 7. The van der Waals surface area contributed by atoms with Gasteiger partial charge in [0.2, 0.25) is 0 Å². The topological polar surface area (TPSA) is 87.1 Å². The minimum absolute atomic E-state index is 0.0312. The summed E-state index contributed by atoms with van der Waals surface area (Å²) in [7, 11) is 6.05. The zero-order valence-corrected chi connectivity index (χ0v) is 22.8. The van der Waals surface area contributed by atoms with E-state index in [0.717, 1.165) is 15.8 Å². The average molecular weight is 561 g/mol. The molecule has 5 rings (SSSR count). The van der Waals surface area contributed by atoms with Crippen molar-refractivity contribution in [3.05, 3.63) is 58.8 Å². The largest absolute Gasteiger partial charge is 0.493 e. The van der Waals surface area contributed by atoms with Crippen LogP contribution in [0.4, 0.5) is 19.0 Å². The normalized spacial score (nSPS) is 20.2. The first-order chi connectivity index (χ1) is 19.1. The van der Waals surface area contributed by atoms with Crippen LogP contribution in [-0.4, -0.2) is 61.7 Å². The van der Waals surface area contributed by atoms with Crippen molar-refractivity contribution in [2.24, 2.45) is 0 Å². The molecule has 0 saturated carbocycles. The zero-order chi connectivity index (χ0) is 28.8. The van der Waals surface area contributed by atoms with Gasteiger partial charge in [-0.25, -0.2) is 4.68 Å². The number of carbonyl (C=O) groups excluding carboxylic acids is 1. The molecule has 0 saturated heterocycles. The molecule has 12 heteroatoms. The van der Waals surface area contributed by atoms with Crippen molar-refractivity contribution in [1.82, 2.24) is 14.7 Å². The van der Waals surface area contributed by atoms with E-state index in [0.29, 0.717) is 41.5 Å². The number of ether oxygens (including phenoxy) is 4. The third-order valence-corrected chi connectivity index (χ3v) is 7.72. The molecule has 0 bridgehead atoms. The highest BCUT2D eigenvalue weighted by Crippen LogP contribution is 2.46. The minimum atomic E-state index is -4.58. The molecule has 3 aromatic rings. The fourth-order valence-electron chi connectivity index (χ4n) is 5.58. The van der Waals surface area contributed by atoms with E-state index in [4.69, 9.17) is 18.9 Å². The molecule has 0 fully saturated rings. The summed E-state index contributed by atoms with van der Waals surface area (Å²) in [5.74, 6) is 1.62. The van der Waals surface area contributed by atoms with Gasteiger partial charge in [0.25, 0.3) is 5.91 Å².